The van der Waals surface area contributed by atoms with Gasteiger partial charge in [-0.3, -0.25) is 9.59 Å². The fraction of sp³-hybridized carbons (Fsp3) is 0.579. The van der Waals surface area contributed by atoms with Crippen LogP contribution in [-0.4, -0.2) is 18.4 Å². The van der Waals surface area contributed by atoms with Crippen LogP contribution in [0.15, 0.2) is 24.3 Å². The average Bonchev–Trinajstić information content (AvgIpc) is 2.56. The topological polar surface area (TPSA) is 58.2 Å². The molecule has 0 radical (unpaired) electrons. The first-order valence-corrected chi connectivity index (χ1v) is 8.75. The molecule has 0 spiro atoms. The number of aryl methyl sites for hydroxylation is 1. The maximum absolute atomic E-state index is 12.1. The minimum Gasteiger partial charge on any atom is -0.356 e. The standard InChI is InChI=1S/C19H28N2O2/c1-2-4-15-5-3-6-17(11-15)13-20-19(23)12-16-7-9-18(10-8-16)21-14-22/h3,5-6,11,14,16,18H,2,4,7-10,12-13H2,1H3,(H,20,23)(H,21,22). The lowest BCUT2D eigenvalue weighted by atomic mass is 9.84. The van der Waals surface area contributed by atoms with Gasteiger partial charge < -0.3 is 10.6 Å². The molecule has 0 unspecified atom stereocenters. The predicted octanol–water partition coefficient (Wildman–Crippen LogP) is 2.95. The molecule has 4 heteroatoms. The van der Waals surface area contributed by atoms with E-state index in [1.165, 1.54) is 11.1 Å². The van der Waals surface area contributed by atoms with Crippen LogP contribution in [0, 0.1) is 5.92 Å². The Kier molecular flexibility index (Phi) is 7.11. The minimum atomic E-state index is 0.137. The van der Waals surface area contributed by atoms with Crippen molar-refractivity contribution in [1.29, 1.82) is 0 Å². The van der Waals surface area contributed by atoms with E-state index in [0.717, 1.165) is 44.9 Å². The van der Waals surface area contributed by atoms with E-state index in [1.54, 1.807) is 0 Å². The lowest BCUT2D eigenvalue weighted by Crippen LogP contribution is -2.33. The Morgan fingerprint density at radius 2 is 1.96 bits per heavy atom. The average molecular weight is 316 g/mol. The van der Waals surface area contributed by atoms with Gasteiger partial charge in [-0.2, -0.15) is 0 Å². The number of carbonyl (C=O) groups is 2. The molecule has 2 amide bonds. The van der Waals surface area contributed by atoms with Crippen molar-refractivity contribution in [1.82, 2.24) is 10.6 Å². The lowest BCUT2D eigenvalue weighted by molar-refractivity contribution is -0.122. The fourth-order valence-corrected chi connectivity index (χ4v) is 3.35. The summed E-state index contributed by atoms with van der Waals surface area (Å²) in [4.78, 5) is 22.6. The Bertz CT molecular complexity index is 508. The molecule has 0 heterocycles. The zero-order chi connectivity index (χ0) is 16.5. The third-order valence-corrected chi connectivity index (χ3v) is 4.64. The van der Waals surface area contributed by atoms with E-state index in [9.17, 15) is 9.59 Å². The smallest absolute Gasteiger partial charge is 0.220 e. The van der Waals surface area contributed by atoms with E-state index in [-0.39, 0.29) is 5.91 Å². The number of hydrogen-bond donors (Lipinski definition) is 2. The van der Waals surface area contributed by atoms with Gasteiger partial charge in [0.2, 0.25) is 12.3 Å². The summed E-state index contributed by atoms with van der Waals surface area (Å²) < 4.78 is 0. The second kappa shape index (κ2) is 9.33. The van der Waals surface area contributed by atoms with Crippen molar-refractivity contribution in [3.63, 3.8) is 0 Å². The summed E-state index contributed by atoms with van der Waals surface area (Å²) in [6.45, 7) is 2.78. The van der Waals surface area contributed by atoms with E-state index < -0.39 is 0 Å². The molecule has 2 rings (SSSR count). The summed E-state index contributed by atoms with van der Waals surface area (Å²) in [5, 5.41) is 5.88. The number of carbonyl (C=O) groups excluding carboxylic acids is 2. The van der Waals surface area contributed by atoms with Gasteiger partial charge in [-0.05, 0) is 49.1 Å². The minimum absolute atomic E-state index is 0.137. The number of rotatable bonds is 8. The molecule has 1 fully saturated rings. The van der Waals surface area contributed by atoms with Crippen LogP contribution in [0.4, 0.5) is 0 Å². The summed E-state index contributed by atoms with van der Waals surface area (Å²) >= 11 is 0. The third kappa shape index (κ3) is 6.05. The normalized spacial score (nSPS) is 20.7. The zero-order valence-corrected chi connectivity index (χ0v) is 14.0. The highest BCUT2D eigenvalue weighted by molar-refractivity contribution is 5.76. The van der Waals surface area contributed by atoms with Crippen molar-refractivity contribution in [2.24, 2.45) is 5.92 Å². The van der Waals surface area contributed by atoms with Crippen LogP contribution in [0.1, 0.15) is 56.6 Å². The number of benzene rings is 1. The van der Waals surface area contributed by atoms with E-state index in [0.29, 0.717) is 24.9 Å². The van der Waals surface area contributed by atoms with Gasteiger partial charge in [-0.25, -0.2) is 0 Å². The van der Waals surface area contributed by atoms with Gasteiger partial charge in [-0.15, -0.1) is 0 Å². The molecule has 1 aromatic carbocycles. The van der Waals surface area contributed by atoms with Crippen LogP contribution in [0.25, 0.3) is 0 Å². The van der Waals surface area contributed by atoms with Gasteiger partial charge >= 0.3 is 0 Å². The summed E-state index contributed by atoms with van der Waals surface area (Å²) in [6.07, 6.45) is 7.60. The third-order valence-electron chi connectivity index (χ3n) is 4.64. The molecule has 23 heavy (non-hydrogen) atoms. The summed E-state index contributed by atoms with van der Waals surface area (Å²) in [5.74, 6) is 0.587. The van der Waals surface area contributed by atoms with Gasteiger partial charge in [0.25, 0.3) is 0 Å². The molecule has 2 N–H and O–H groups in total. The van der Waals surface area contributed by atoms with Crippen LogP contribution >= 0.6 is 0 Å². The molecule has 126 valence electrons. The molecule has 0 bridgehead atoms. The molecule has 4 nitrogen and oxygen atoms in total. The molecule has 0 aromatic heterocycles. The molecule has 0 atom stereocenters. The van der Waals surface area contributed by atoms with Gasteiger partial charge in [0.05, 0.1) is 0 Å². The van der Waals surface area contributed by atoms with Gasteiger partial charge in [-0.1, -0.05) is 37.6 Å². The summed E-state index contributed by atoms with van der Waals surface area (Å²) in [6, 6.07) is 8.75. The Balaban J connectivity index is 1.71. The Labute approximate surface area is 139 Å². The Hall–Kier alpha value is -1.84. The molecule has 1 aliphatic rings. The second-order valence-electron chi connectivity index (χ2n) is 6.55. The first-order valence-electron chi connectivity index (χ1n) is 8.75. The summed E-state index contributed by atoms with van der Waals surface area (Å²) in [7, 11) is 0. The Morgan fingerprint density at radius 1 is 1.22 bits per heavy atom. The van der Waals surface area contributed by atoms with Crippen molar-refractivity contribution >= 4 is 12.3 Å². The molecule has 1 aliphatic carbocycles. The molecule has 1 aromatic rings. The Morgan fingerprint density at radius 3 is 2.65 bits per heavy atom. The number of amides is 2. The monoisotopic (exact) mass is 316 g/mol. The van der Waals surface area contributed by atoms with Crippen LogP contribution in [0.3, 0.4) is 0 Å². The van der Waals surface area contributed by atoms with E-state index >= 15 is 0 Å². The van der Waals surface area contributed by atoms with E-state index in [2.05, 4.69) is 41.8 Å². The molecule has 0 saturated heterocycles. The van der Waals surface area contributed by atoms with Gasteiger partial charge in [0, 0.05) is 19.0 Å². The van der Waals surface area contributed by atoms with Gasteiger partial charge in [0.1, 0.15) is 0 Å². The van der Waals surface area contributed by atoms with Crippen LogP contribution in [-0.2, 0) is 22.6 Å². The molecular formula is C19H28N2O2. The fourth-order valence-electron chi connectivity index (χ4n) is 3.35. The zero-order valence-electron chi connectivity index (χ0n) is 14.0. The second-order valence-corrected chi connectivity index (χ2v) is 6.55. The molecule has 0 aliphatic heterocycles. The van der Waals surface area contributed by atoms with Crippen molar-refractivity contribution < 1.29 is 9.59 Å². The van der Waals surface area contributed by atoms with Crippen molar-refractivity contribution in [2.75, 3.05) is 0 Å². The van der Waals surface area contributed by atoms with E-state index in [1.807, 2.05) is 0 Å². The van der Waals surface area contributed by atoms with Crippen molar-refractivity contribution in [3.05, 3.63) is 35.4 Å². The number of hydrogen-bond acceptors (Lipinski definition) is 2. The van der Waals surface area contributed by atoms with Crippen LogP contribution < -0.4 is 10.6 Å². The highest BCUT2D eigenvalue weighted by Gasteiger charge is 2.22. The van der Waals surface area contributed by atoms with E-state index in [4.69, 9.17) is 0 Å². The SMILES string of the molecule is CCCc1cccc(CNC(=O)CC2CCC(NC=O)CC2)c1. The number of nitrogens with one attached hydrogen (secondary N) is 2. The highest BCUT2D eigenvalue weighted by Crippen LogP contribution is 2.26. The highest BCUT2D eigenvalue weighted by atomic mass is 16.1. The van der Waals surface area contributed by atoms with Gasteiger partial charge in [0.15, 0.2) is 0 Å². The summed E-state index contributed by atoms with van der Waals surface area (Å²) in [5.41, 5.74) is 2.50. The largest absolute Gasteiger partial charge is 0.356 e. The van der Waals surface area contributed by atoms with Crippen molar-refractivity contribution in [3.8, 4) is 0 Å². The molecular weight excluding hydrogens is 288 g/mol. The van der Waals surface area contributed by atoms with Crippen LogP contribution in [0.2, 0.25) is 0 Å². The maximum Gasteiger partial charge on any atom is 0.220 e. The first-order chi connectivity index (χ1) is 11.2. The van der Waals surface area contributed by atoms with Crippen molar-refractivity contribution in [2.45, 2.75) is 64.5 Å². The maximum atomic E-state index is 12.1. The predicted molar refractivity (Wildman–Crippen MR) is 91.8 cm³/mol. The van der Waals surface area contributed by atoms with Crippen LogP contribution in [0.5, 0.6) is 0 Å². The lowest BCUT2D eigenvalue weighted by Gasteiger charge is -2.27. The first kappa shape index (κ1) is 17.5. The quantitative estimate of drug-likeness (QED) is 0.724. The molecule has 1 saturated carbocycles.